The van der Waals surface area contributed by atoms with Gasteiger partial charge >= 0.3 is 5.69 Å². The Morgan fingerprint density at radius 2 is 1.79 bits per heavy atom. The number of benzene rings is 2. The fourth-order valence-electron chi connectivity index (χ4n) is 3.55. The molecule has 0 radical (unpaired) electrons. The number of rotatable bonds is 5. The third-order valence-corrected chi connectivity index (χ3v) is 4.93. The third kappa shape index (κ3) is 4.43. The monoisotopic (exact) mass is 396 g/mol. The second kappa shape index (κ2) is 9.53. The van der Waals surface area contributed by atoms with Crippen molar-refractivity contribution in [2.45, 2.75) is 25.3 Å². The molecule has 0 amide bonds. The van der Waals surface area contributed by atoms with Crippen LogP contribution in [0.4, 0.5) is 0 Å². The molecule has 146 valence electrons. The van der Waals surface area contributed by atoms with E-state index < -0.39 is 0 Å². The summed E-state index contributed by atoms with van der Waals surface area (Å²) < 4.78 is 3.34. The van der Waals surface area contributed by atoms with Crippen molar-refractivity contribution < 1.29 is 0 Å². The largest absolute Gasteiger partial charge is 0.350 e. The highest BCUT2D eigenvalue weighted by Gasteiger charge is 2.24. The Bertz CT molecular complexity index is 957. The van der Waals surface area contributed by atoms with E-state index in [0.29, 0.717) is 6.54 Å². The molecule has 1 aliphatic heterocycles. The highest BCUT2D eigenvalue weighted by molar-refractivity contribution is 5.85. The summed E-state index contributed by atoms with van der Waals surface area (Å²) in [4.78, 5) is 13.1. The van der Waals surface area contributed by atoms with Gasteiger partial charge in [-0.2, -0.15) is 5.10 Å². The van der Waals surface area contributed by atoms with Crippen LogP contribution in [0.25, 0.3) is 11.8 Å². The summed E-state index contributed by atoms with van der Waals surface area (Å²) in [5.74, 6) is 1.11. The number of aromatic nitrogens is 3. The van der Waals surface area contributed by atoms with Crippen LogP contribution in [0.5, 0.6) is 0 Å². The number of nitrogens with zero attached hydrogens (tertiary/aromatic N) is 3. The molecule has 2 aromatic carbocycles. The molecular formula is C22H25ClN4O. The van der Waals surface area contributed by atoms with E-state index in [1.54, 1.807) is 9.25 Å². The van der Waals surface area contributed by atoms with Gasteiger partial charge in [0.05, 0.1) is 12.2 Å². The summed E-state index contributed by atoms with van der Waals surface area (Å²) in [6.45, 7) is 2.36. The standard InChI is InChI=1S/C22H24N4O.ClH/c27-22-25(16-8-11-18-9-3-1-4-10-18)24-21(19-12-7-15-23-17-19)26(22)20-13-5-2-6-14-20;/h1-6,8-11,13-14,19,23H,7,12,15-17H2;1H. The fourth-order valence-corrected chi connectivity index (χ4v) is 3.55. The van der Waals surface area contributed by atoms with Crippen molar-refractivity contribution in [3.05, 3.63) is 88.6 Å². The van der Waals surface area contributed by atoms with Crippen LogP contribution >= 0.6 is 12.4 Å². The second-order valence-electron chi connectivity index (χ2n) is 6.85. The van der Waals surface area contributed by atoms with Gasteiger partial charge in [-0.15, -0.1) is 12.4 Å². The SMILES string of the molecule is Cl.O=c1n(CC=Cc2ccccc2)nc(C2CCCNC2)n1-c1ccccc1. The molecule has 1 aliphatic rings. The maximum atomic E-state index is 13.1. The van der Waals surface area contributed by atoms with E-state index in [2.05, 4.69) is 5.32 Å². The molecular weight excluding hydrogens is 372 g/mol. The summed E-state index contributed by atoms with van der Waals surface area (Å²) in [7, 11) is 0. The van der Waals surface area contributed by atoms with Crippen LogP contribution in [0, 0.1) is 0 Å². The maximum absolute atomic E-state index is 13.1. The van der Waals surface area contributed by atoms with Gasteiger partial charge in [-0.1, -0.05) is 60.7 Å². The lowest BCUT2D eigenvalue weighted by atomic mass is 9.99. The van der Waals surface area contributed by atoms with Crippen molar-refractivity contribution in [3.63, 3.8) is 0 Å². The summed E-state index contributed by atoms with van der Waals surface area (Å²) in [5, 5.41) is 8.14. The molecule has 28 heavy (non-hydrogen) atoms. The molecule has 4 rings (SSSR count). The Kier molecular flexibility index (Phi) is 6.85. The molecule has 1 aromatic heterocycles. The number of para-hydroxylation sites is 1. The first-order valence-electron chi connectivity index (χ1n) is 9.50. The highest BCUT2D eigenvalue weighted by Crippen LogP contribution is 2.22. The van der Waals surface area contributed by atoms with E-state index in [0.717, 1.165) is 43.0 Å². The molecule has 3 aromatic rings. The lowest BCUT2D eigenvalue weighted by Crippen LogP contribution is -2.31. The Hall–Kier alpha value is -2.63. The third-order valence-electron chi connectivity index (χ3n) is 4.93. The predicted octanol–water partition coefficient (Wildman–Crippen LogP) is 3.64. The maximum Gasteiger partial charge on any atom is 0.350 e. The zero-order chi connectivity index (χ0) is 18.5. The summed E-state index contributed by atoms with van der Waals surface area (Å²) in [5.41, 5.74) is 1.91. The van der Waals surface area contributed by atoms with Gasteiger partial charge in [0.15, 0.2) is 0 Å². The molecule has 1 atom stereocenters. The fraction of sp³-hybridized carbons (Fsp3) is 0.273. The van der Waals surface area contributed by atoms with Crippen LogP contribution in [0.2, 0.25) is 0 Å². The van der Waals surface area contributed by atoms with Crippen LogP contribution in [-0.4, -0.2) is 27.4 Å². The Labute approximate surface area is 171 Å². The molecule has 1 fully saturated rings. The number of piperidine rings is 1. The first-order valence-corrected chi connectivity index (χ1v) is 9.50. The van der Waals surface area contributed by atoms with E-state index in [-0.39, 0.29) is 24.0 Å². The zero-order valence-electron chi connectivity index (χ0n) is 15.7. The van der Waals surface area contributed by atoms with Gasteiger partial charge in [-0.3, -0.25) is 0 Å². The summed E-state index contributed by atoms with van der Waals surface area (Å²) in [6.07, 6.45) is 6.17. The van der Waals surface area contributed by atoms with Gasteiger partial charge in [0.2, 0.25) is 0 Å². The average Bonchev–Trinajstić information content (AvgIpc) is 3.06. The normalized spacial score (nSPS) is 16.8. The quantitative estimate of drug-likeness (QED) is 0.716. The van der Waals surface area contributed by atoms with Crippen LogP contribution in [0.1, 0.15) is 30.1 Å². The number of allylic oxidation sites excluding steroid dienone is 1. The Morgan fingerprint density at radius 1 is 1.07 bits per heavy atom. The lowest BCUT2D eigenvalue weighted by molar-refractivity contribution is 0.440. The topological polar surface area (TPSA) is 51.9 Å². The summed E-state index contributed by atoms with van der Waals surface area (Å²) in [6, 6.07) is 19.9. The van der Waals surface area contributed by atoms with Crippen molar-refractivity contribution in [1.29, 1.82) is 0 Å². The van der Waals surface area contributed by atoms with Crippen molar-refractivity contribution in [2.75, 3.05) is 13.1 Å². The minimum Gasteiger partial charge on any atom is -0.316 e. The van der Waals surface area contributed by atoms with Gasteiger partial charge in [-0.05, 0) is 37.1 Å². The van der Waals surface area contributed by atoms with E-state index in [1.165, 1.54) is 0 Å². The molecule has 5 nitrogen and oxygen atoms in total. The summed E-state index contributed by atoms with van der Waals surface area (Å²) >= 11 is 0. The second-order valence-corrected chi connectivity index (χ2v) is 6.85. The van der Waals surface area contributed by atoms with Crippen molar-refractivity contribution in [3.8, 4) is 5.69 Å². The van der Waals surface area contributed by atoms with Gasteiger partial charge in [0.25, 0.3) is 0 Å². The molecule has 0 aliphatic carbocycles. The number of nitrogens with one attached hydrogen (secondary N) is 1. The van der Waals surface area contributed by atoms with Crippen LogP contribution in [-0.2, 0) is 6.54 Å². The molecule has 6 heteroatoms. The molecule has 0 saturated carbocycles. The van der Waals surface area contributed by atoms with E-state index in [1.807, 2.05) is 72.8 Å². The number of hydrogen-bond acceptors (Lipinski definition) is 3. The minimum atomic E-state index is -0.0838. The predicted molar refractivity (Wildman–Crippen MR) is 115 cm³/mol. The van der Waals surface area contributed by atoms with E-state index in [4.69, 9.17) is 5.10 Å². The molecule has 2 heterocycles. The van der Waals surface area contributed by atoms with Gasteiger partial charge in [0.1, 0.15) is 5.82 Å². The van der Waals surface area contributed by atoms with Gasteiger partial charge in [0, 0.05) is 12.5 Å². The van der Waals surface area contributed by atoms with Crippen molar-refractivity contribution in [1.82, 2.24) is 19.7 Å². The molecule has 0 spiro atoms. The Balaban J connectivity index is 0.00000225. The van der Waals surface area contributed by atoms with Crippen LogP contribution < -0.4 is 11.0 Å². The molecule has 1 saturated heterocycles. The smallest absolute Gasteiger partial charge is 0.316 e. The van der Waals surface area contributed by atoms with Crippen LogP contribution in [0.15, 0.2) is 71.5 Å². The molecule has 1 N–H and O–H groups in total. The average molecular weight is 397 g/mol. The van der Waals surface area contributed by atoms with Crippen LogP contribution in [0.3, 0.4) is 0 Å². The lowest BCUT2D eigenvalue weighted by Gasteiger charge is -2.22. The van der Waals surface area contributed by atoms with Crippen molar-refractivity contribution >= 4 is 18.5 Å². The highest BCUT2D eigenvalue weighted by atomic mass is 35.5. The zero-order valence-corrected chi connectivity index (χ0v) is 16.5. The molecule has 1 unspecified atom stereocenters. The first-order chi connectivity index (χ1) is 13.3. The minimum absolute atomic E-state index is 0. The first kappa shape index (κ1) is 20.1. The van der Waals surface area contributed by atoms with Crippen molar-refractivity contribution in [2.24, 2.45) is 0 Å². The number of hydrogen-bond donors (Lipinski definition) is 1. The van der Waals surface area contributed by atoms with Gasteiger partial charge in [-0.25, -0.2) is 14.0 Å². The van der Waals surface area contributed by atoms with E-state index in [9.17, 15) is 4.79 Å². The van der Waals surface area contributed by atoms with E-state index >= 15 is 0 Å². The van der Waals surface area contributed by atoms with Gasteiger partial charge < -0.3 is 5.32 Å². The number of halogens is 1. The Morgan fingerprint density at radius 3 is 2.46 bits per heavy atom. The molecule has 0 bridgehead atoms.